The van der Waals surface area contributed by atoms with Crippen LogP contribution in [0.1, 0.15) is 25.8 Å². The van der Waals surface area contributed by atoms with Gasteiger partial charge in [0.15, 0.2) is 5.78 Å². The molecule has 0 saturated heterocycles. The monoisotopic (exact) mass is 205 g/mol. The third kappa shape index (κ3) is 3.48. The van der Waals surface area contributed by atoms with Crippen molar-refractivity contribution in [3.05, 3.63) is 35.9 Å². The van der Waals surface area contributed by atoms with E-state index in [0.29, 0.717) is 6.42 Å². The number of nitrogens with two attached hydrogens (primary N) is 1. The Morgan fingerprint density at radius 3 is 2.47 bits per heavy atom. The molecule has 1 aromatic rings. The Kier molecular flexibility index (Phi) is 4.50. The van der Waals surface area contributed by atoms with Gasteiger partial charge in [-0.25, -0.2) is 0 Å². The Bertz CT molecular complexity index is 308. The zero-order valence-corrected chi connectivity index (χ0v) is 9.44. The Morgan fingerprint density at radius 1 is 1.33 bits per heavy atom. The maximum atomic E-state index is 11.8. The lowest BCUT2D eigenvalue weighted by molar-refractivity contribution is -0.123. The van der Waals surface area contributed by atoms with E-state index in [1.165, 1.54) is 0 Å². The number of benzene rings is 1. The van der Waals surface area contributed by atoms with Gasteiger partial charge in [0.1, 0.15) is 0 Å². The van der Waals surface area contributed by atoms with Crippen molar-refractivity contribution in [2.75, 3.05) is 0 Å². The Balaban J connectivity index is 2.56. The van der Waals surface area contributed by atoms with E-state index in [1.54, 1.807) is 0 Å². The molecule has 0 fully saturated rings. The molecule has 2 nitrogen and oxygen atoms in total. The number of hydrogen-bond donors (Lipinski definition) is 1. The topological polar surface area (TPSA) is 43.1 Å². The number of ketones is 1. The Morgan fingerprint density at radius 2 is 1.93 bits per heavy atom. The fourth-order valence-electron chi connectivity index (χ4n) is 1.54. The summed E-state index contributed by atoms with van der Waals surface area (Å²) < 4.78 is 0. The highest BCUT2D eigenvalue weighted by molar-refractivity contribution is 5.86. The van der Waals surface area contributed by atoms with Crippen molar-refractivity contribution in [3.63, 3.8) is 0 Å². The first-order valence-electron chi connectivity index (χ1n) is 5.48. The van der Waals surface area contributed by atoms with Crippen LogP contribution in [0.3, 0.4) is 0 Å². The first-order chi connectivity index (χ1) is 7.15. The maximum absolute atomic E-state index is 11.8. The molecular weight excluding hydrogens is 186 g/mol. The van der Waals surface area contributed by atoms with Crippen molar-refractivity contribution in [1.82, 2.24) is 0 Å². The van der Waals surface area contributed by atoms with Gasteiger partial charge in [0.05, 0.1) is 6.04 Å². The summed E-state index contributed by atoms with van der Waals surface area (Å²) in [5, 5.41) is 0. The van der Waals surface area contributed by atoms with E-state index in [-0.39, 0.29) is 17.7 Å². The molecule has 0 aliphatic heterocycles. The molecule has 0 radical (unpaired) electrons. The summed E-state index contributed by atoms with van der Waals surface area (Å²) >= 11 is 0. The molecule has 0 aliphatic rings. The predicted octanol–water partition coefficient (Wildman–Crippen LogP) is 2.17. The van der Waals surface area contributed by atoms with Crippen LogP contribution in [-0.2, 0) is 11.2 Å². The lowest BCUT2D eigenvalue weighted by Crippen LogP contribution is -2.36. The summed E-state index contributed by atoms with van der Waals surface area (Å²) in [7, 11) is 0. The van der Waals surface area contributed by atoms with E-state index in [2.05, 4.69) is 0 Å². The van der Waals surface area contributed by atoms with Gasteiger partial charge in [0.25, 0.3) is 0 Å². The number of hydrogen-bond acceptors (Lipinski definition) is 2. The van der Waals surface area contributed by atoms with E-state index < -0.39 is 0 Å². The minimum absolute atomic E-state index is 0.0729. The molecule has 1 aromatic carbocycles. The van der Waals surface area contributed by atoms with Gasteiger partial charge in [-0.2, -0.15) is 0 Å². The van der Waals surface area contributed by atoms with Crippen molar-refractivity contribution in [3.8, 4) is 0 Å². The van der Waals surface area contributed by atoms with Crippen molar-refractivity contribution in [2.45, 2.75) is 32.7 Å². The van der Waals surface area contributed by atoms with Gasteiger partial charge in [-0.05, 0) is 18.4 Å². The summed E-state index contributed by atoms with van der Waals surface area (Å²) in [6.07, 6.45) is 1.51. The minimum atomic E-state index is -0.359. The van der Waals surface area contributed by atoms with Gasteiger partial charge < -0.3 is 5.73 Å². The average molecular weight is 205 g/mol. The fraction of sp³-hybridized carbons (Fsp3) is 0.462. The van der Waals surface area contributed by atoms with Gasteiger partial charge >= 0.3 is 0 Å². The third-order valence-electron chi connectivity index (χ3n) is 2.76. The van der Waals surface area contributed by atoms with Crippen molar-refractivity contribution >= 4 is 5.78 Å². The van der Waals surface area contributed by atoms with Gasteiger partial charge in [0.2, 0.25) is 0 Å². The molecule has 1 rings (SSSR count). The Labute approximate surface area is 91.5 Å². The van der Waals surface area contributed by atoms with Gasteiger partial charge in [-0.15, -0.1) is 0 Å². The molecule has 0 bridgehead atoms. The van der Waals surface area contributed by atoms with Gasteiger partial charge in [-0.1, -0.05) is 44.2 Å². The zero-order valence-electron chi connectivity index (χ0n) is 9.44. The molecule has 2 unspecified atom stereocenters. The quantitative estimate of drug-likeness (QED) is 0.800. The summed E-state index contributed by atoms with van der Waals surface area (Å²) in [4.78, 5) is 11.8. The first-order valence-corrected chi connectivity index (χ1v) is 5.48. The average Bonchev–Trinajstić information content (AvgIpc) is 2.28. The molecule has 0 aromatic heterocycles. The minimum Gasteiger partial charge on any atom is -0.321 e. The standard InChI is InChI=1S/C13H19NO/c1-3-10(2)13(15)12(14)9-11-7-5-4-6-8-11/h4-8,10,12H,3,9,14H2,1-2H3. The smallest absolute Gasteiger partial charge is 0.152 e. The number of Topliss-reactive ketones (excluding diaryl/α,β-unsaturated/α-hetero) is 1. The zero-order chi connectivity index (χ0) is 11.3. The van der Waals surface area contributed by atoms with E-state index >= 15 is 0 Å². The highest BCUT2D eigenvalue weighted by atomic mass is 16.1. The normalized spacial score (nSPS) is 14.6. The van der Waals surface area contributed by atoms with Crippen LogP contribution in [-0.4, -0.2) is 11.8 Å². The van der Waals surface area contributed by atoms with Crippen molar-refractivity contribution in [2.24, 2.45) is 11.7 Å². The highest BCUT2D eigenvalue weighted by Gasteiger charge is 2.18. The van der Waals surface area contributed by atoms with Crippen LogP contribution in [0.15, 0.2) is 30.3 Å². The third-order valence-corrected chi connectivity index (χ3v) is 2.76. The van der Waals surface area contributed by atoms with E-state index in [4.69, 9.17) is 5.73 Å². The van der Waals surface area contributed by atoms with E-state index in [9.17, 15) is 4.79 Å². The lowest BCUT2D eigenvalue weighted by atomic mass is 9.94. The molecule has 0 aliphatic carbocycles. The molecule has 15 heavy (non-hydrogen) atoms. The molecule has 82 valence electrons. The van der Waals surface area contributed by atoms with Gasteiger partial charge in [-0.3, -0.25) is 4.79 Å². The second-order valence-electron chi connectivity index (χ2n) is 4.01. The molecule has 2 atom stereocenters. The largest absolute Gasteiger partial charge is 0.321 e. The van der Waals surface area contributed by atoms with E-state index in [0.717, 1.165) is 12.0 Å². The number of carbonyl (C=O) groups is 1. The van der Waals surface area contributed by atoms with Crippen LogP contribution in [0.2, 0.25) is 0 Å². The maximum Gasteiger partial charge on any atom is 0.152 e. The number of carbonyl (C=O) groups excluding carboxylic acids is 1. The van der Waals surface area contributed by atoms with Crippen molar-refractivity contribution in [1.29, 1.82) is 0 Å². The van der Waals surface area contributed by atoms with Crippen LogP contribution in [0, 0.1) is 5.92 Å². The van der Waals surface area contributed by atoms with Crippen LogP contribution in [0.5, 0.6) is 0 Å². The molecule has 0 spiro atoms. The molecule has 0 heterocycles. The molecule has 2 N–H and O–H groups in total. The van der Waals surface area contributed by atoms with Crippen LogP contribution < -0.4 is 5.73 Å². The second kappa shape index (κ2) is 5.66. The second-order valence-corrected chi connectivity index (χ2v) is 4.01. The predicted molar refractivity (Wildman–Crippen MR) is 62.6 cm³/mol. The summed E-state index contributed by atoms with van der Waals surface area (Å²) in [5.41, 5.74) is 7.00. The SMILES string of the molecule is CCC(C)C(=O)C(N)Cc1ccccc1. The van der Waals surface area contributed by atoms with Crippen molar-refractivity contribution < 1.29 is 4.79 Å². The molecule has 0 saturated carbocycles. The summed E-state index contributed by atoms with van der Waals surface area (Å²) in [6.45, 7) is 3.95. The summed E-state index contributed by atoms with van der Waals surface area (Å²) in [5.74, 6) is 0.241. The molecular formula is C13H19NO. The van der Waals surface area contributed by atoms with Crippen LogP contribution in [0.4, 0.5) is 0 Å². The Hall–Kier alpha value is -1.15. The van der Waals surface area contributed by atoms with Crippen LogP contribution >= 0.6 is 0 Å². The molecule has 2 heteroatoms. The van der Waals surface area contributed by atoms with Crippen LogP contribution in [0.25, 0.3) is 0 Å². The highest BCUT2D eigenvalue weighted by Crippen LogP contribution is 2.09. The van der Waals surface area contributed by atoms with Gasteiger partial charge in [0, 0.05) is 5.92 Å². The first kappa shape index (κ1) is 11.9. The lowest BCUT2D eigenvalue weighted by Gasteiger charge is -2.14. The van der Waals surface area contributed by atoms with E-state index in [1.807, 2.05) is 44.2 Å². The summed E-state index contributed by atoms with van der Waals surface area (Å²) in [6, 6.07) is 9.55. The number of rotatable bonds is 5. The fourth-order valence-corrected chi connectivity index (χ4v) is 1.54. The molecule has 0 amide bonds.